The summed E-state index contributed by atoms with van der Waals surface area (Å²) in [6.45, 7) is 2.45. The molecule has 0 saturated heterocycles. The zero-order valence-electron chi connectivity index (χ0n) is 10.9. The van der Waals surface area contributed by atoms with E-state index < -0.39 is 5.82 Å². The van der Waals surface area contributed by atoms with Crippen LogP contribution in [0.3, 0.4) is 0 Å². The van der Waals surface area contributed by atoms with Crippen molar-refractivity contribution in [3.63, 3.8) is 0 Å². The zero-order chi connectivity index (χ0) is 14.5. The van der Waals surface area contributed by atoms with Gasteiger partial charge in [-0.3, -0.25) is 0 Å². The number of nitrogens with one attached hydrogen (secondary N) is 1. The minimum atomic E-state index is -0.457. The van der Waals surface area contributed by atoms with Crippen LogP contribution in [0.25, 0.3) is 0 Å². The van der Waals surface area contributed by atoms with Crippen molar-refractivity contribution in [2.75, 3.05) is 11.9 Å². The molecule has 0 aliphatic rings. The fourth-order valence-electron chi connectivity index (χ4n) is 1.65. The number of rotatable bonds is 5. The van der Waals surface area contributed by atoms with E-state index in [1.165, 1.54) is 6.07 Å². The number of nitrogens with two attached hydrogens (primary N) is 1. The summed E-state index contributed by atoms with van der Waals surface area (Å²) in [4.78, 5) is 4.15. The number of ether oxygens (including phenoxy) is 1. The van der Waals surface area contributed by atoms with E-state index in [1.54, 1.807) is 30.5 Å². The van der Waals surface area contributed by atoms with Crippen LogP contribution in [-0.4, -0.2) is 16.6 Å². The fourth-order valence-corrected chi connectivity index (χ4v) is 1.81. The molecule has 1 heterocycles. The minimum absolute atomic E-state index is 0.0387. The Balaban J connectivity index is 2.13. The Morgan fingerprint density at radius 3 is 2.65 bits per heavy atom. The molecule has 0 aliphatic carbocycles. The molecule has 1 aromatic carbocycles. The number of halogens is 1. The number of hydrogen-bond donors (Lipinski definition) is 2. The molecule has 0 aliphatic heterocycles. The topological polar surface area (TPSA) is 60.2 Å². The molecule has 2 aromatic rings. The fraction of sp³-hybridized carbons (Fsp3) is 0.143. The molecule has 0 radical (unpaired) electrons. The standard InChI is InChI=1S/C14H14FN3OS/c1-2-19-13-6-4-10(8-17-13)18-9-3-5-11(14(16)20)12(15)7-9/h3-8,18H,2H2,1H3,(H2,16,20). The number of hydrogen-bond acceptors (Lipinski definition) is 4. The lowest BCUT2D eigenvalue weighted by Crippen LogP contribution is -2.11. The first-order valence-electron chi connectivity index (χ1n) is 6.05. The molecule has 0 spiro atoms. The summed E-state index contributed by atoms with van der Waals surface area (Å²) in [5, 5.41) is 3.04. The molecule has 0 fully saturated rings. The van der Waals surface area contributed by atoms with Crippen molar-refractivity contribution in [2.45, 2.75) is 6.92 Å². The molecule has 0 saturated carbocycles. The summed E-state index contributed by atoms with van der Waals surface area (Å²) in [7, 11) is 0. The lowest BCUT2D eigenvalue weighted by molar-refractivity contribution is 0.327. The highest BCUT2D eigenvalue weighted by Crippen LogP contribution is 2.20. The number of pyridine rings is 1. The number of nitrogens with zero attached hydrogens (tertiary/aromatic N) is 1. The third-order valence-corrected chi connectivity index (χ3v) is 2.77. The van der Waals surface area contributed by atoms with E-state index in [-0.39, 0.29) is 10.6 Å². The Labute approximate surface area is 121 Å². The molecular formula is C14H14FN3OS. The average Bonchev–Trinajstić information content (AvgIpc) is 2.41. The van der Waals surface area contributed by atoms with E-state index in [0.717, 1.165) is 5.69 Å². The number of anilines is 2. The molecule has 6 heteroatoms. The maximum absolute atomic E-state index is 13.7. The molecule has 0 unspecified atom stereocenters. The summed E-state index contributed by atoms with van der Waals surface area (Å²) in [5.41, 5.74) is 6.96. The normalized spacial score (nSPS) is 10.1. The van der Waals surface area contributed by atoms with Crippen molar-refractivity contribution in [1.82, 2.24) is 4.98 Å². The van der Waals surface area contributed by atoms with Gasteiger partial charge in [-0.15, -0.1) is 0 Å². The Kier molecular flexibility index (Phi) is 4.47. The van der Waals surface area contributed by atoms with Crippen molar-refractivity contribution in [3.05, 3.63) is 47.9 Å². The van der Waals surface area contributed by atoms with Gasteiger partial charge in [-0.25, -0.2) is 9.37 Å². The van der Waals surface area contributed by atoms with Gasteiger partial charge in [-0.05, 0) is 31.2 Å². The van der Waals surface area contributed by atoms with Crippen LogP contribution in [0.1, 0.15) is 12.5 Å². The first-order valence-corrected chi connectivity index (χ1v) is 6.46. The van der Waals surface area contributed by atoms with Crippen molar-refractivity contribution in [1.29, 1.82) is 0 Å². The average molecular weight is 291 g/mol. The molecular weight excluding hydrogens is 277 g/mol. The van der Waals surface area contributed by atoms with Gasteiger partial charge in [-0.1, -0.05) is 12.2 Å². The van der Waals surface area contributed by atoms with Crippen LogP contribution in [-0.2, 0) is 0 Å². The van der Waals surface area contributed by atoms with Crippen molar-refractivity contribution in [3.8, 4) is 5.88 Å². The Bertz CT molecular complexity index is 616. The second-order valence-corrected chi connectivity index (χ2v) is 4.44. The van der Waals surface area contributed by atoms with Crippen LogP contribution < -0.4 is 15.8 Å². The van der Waals surface area contributed by atoms with E-state index in [9.17, 15) is 4.39 Å². The lowest BCUT2D eigenvalue weighted by Gasteiger charge is -2.09. The highest BCUT2D eigenvalue weighted by atomic mass is 32.1. The maximum Gasteiger partial charge on any atom is 0.213 e. The van der Waals surface area contributed by atoms with Gasteiger partial charge in [0, 0.05) is 17.3 Å². The van der Waals surface area contributed by atoms with Crippen LogP contribution in [0.2, 0.25) is 0 Å². The summed E-state index contributed by atoms with van der Waals surface area (Å²) < 4.78 is 19.0. The van der Waals surface area contributed by atoms with Gasteiger partial charge < -0.3 is 15.8 Å². The van der Waals surface area contributed by atoms with Gasteiger partial charge in [0.05, 0.1) is 18.5 Å². The minimum Gasteiger partial charge on any atom is -0.478 e. The third kappa shape index (κ3) is 3.42. The van der Waals surface area contributed by atoms with Crippen LogP contribution in [0.15, 0.2) is 36.5 Å². The third-order valence-electron chi connectivity index (χ3n) is 2.55. The van der Waals surface area contributed by atoms with Gasteiger partial charge in [0.25, 0.3) is 0 Å². The second kappa shape index (κ2) is 6.29. The summed E-state index contributed by atoms with van der Waals surface area (Å²) in [6, 6.07) is 8.13. The molecule has 20 heavy (non-hydrogen) atoms. The molecule has 0 bridgehead atoms. The number of benzene rings is 1. The number of aromatic nitrogens is 1. The van der Waals surface area contributed by atoms with E-state index >= 15 is 0 Å². The van der Waals surface area contributed by atoms with Gasteiger partial charge >= 0.3 is 0 Å². The molecule has 0 amide bonds. The van der Waals surface area contributed by atoms with Crippen molar-refractivity contribution >= 4 is 28.6 Å². The summed E-state index contributed by atoms with van der Waals surface area (Å²) >= 11 is 4.76. The molecule has 1 aromatic heterocycles. The first-order chi connectivity index (χ1) is 9.60. The van der Waals surface area contributed by atoms with Crippen molar-refractivity contribution < 1.29 is 9.13 Å². The van der Waals surface area contributed by atoms with Crippen molar-refractivity contribution in [2.24, 2.45) is 5.73 Å². The Morgan fingerprint density at radius 1 is 1.35 bits per heavy atom. The highest BCUT2D eigenvalue weighted by Gasteiger charge is 2.06. The van der Waals surface area contributed by atoms with E-state index in [0.29, 0.717) is 18.2 Å². The predicted octanol–water partition coefficient (Wildman–Crippen LogP) is 3.00. The van der Waals surface area contributed by atoms with Gasteiger partial charge in [-0.2, -0.15) is 0 Å². The SMILES string of the molecule is CCOc1ccc(Nc2ccc(C(N)=S)c(F)c2)cn1. The van der Waals surface area contributed by atoms with Gasteiger partial charge in [0.15, 0.2) is 0 Å². The lowest BCUT2D eigenvalue weighted by atomic mass is 10.2. The monoisotopic (exact) mass is 291 g/mol. The van der Waals surface area contributed by atoms with Crippen LogP contribution in [0, 0.1) is 5.82 Å². The predicted molar refractivity (Wildman–Crippen MR) is 81.0 cm³/mol. The zero-order valence-corrected chi connectivity index (χ0v) is 11.7. The molecule has 104 valence electrons. The van der Waals surface area contributed by atoms with Crippen LogP contribution >= 0.6 is 12.2 Å². The smallest absolute Gasteiger partial charge is 0.213 e. The second-order valence-electron chi connectivity index (χ2n) is 4.00. The molecule has 4 nitrogen and oxygen atoms in total. The first kappa shape index (κ1) is 14.2. The van der Waals surface area contributed by atoms with Gasteiger partial charge in [0.2, 0.25) is 5.88 Å². The Morgan fingerprint density at radius 2 is 2.10 bits per heavy atom. The molecule has 3 N–H and O–H groups in total. The largest absolute Gasteiger partial charge is 0.478 e. The summed E-state index contributed by atoms with van der Waals surface area (Å²) in [6.07, 6.45) is 1.62. The maximum atomic E-state index is 13.7. The molecule has 0 atom stereocenters. The van der Waals surface area contributed by atoms with E-state index in [1.807, 2.05) is 6.92 Å². The number of thiocarbonyl (C=S) groups is 1. The molecule has 2 rings (SSSR count). The van der Waals surface area contributed by atoms with Crippen LogP contribution in [0.5, 0.6) is 5.88 Å². The van der Waals surface area contributed by atoms with Gasteiger partial charge in [0.1, 0.15) is 10.8 Å². The quantitative estimate of drug-likeness (QED) is 0.829. The van der Waals surface area contributed by atoms with E-state index in [4.69, 9.17) is 22.7 Å². The van der Waals surface area contributed by atoms with E-state index in [2.05, 4.69) is 10.3 Å². The Hall–Kier alpha value is -2.21. The summed E-state index contributed by atoms with van der Waals surface area (Å²) in [5.74, 6) is 0.0921. The van der Waals surface area contributed by atoms with Crippen LogP contribution in [0.4, 0.5) is 15.8 Å². The highest BCUT2D eigenvalue weighted by molar-refractivity contribution is 7.80.